The molecule has 1 aliphatic heterocycles. The molecule has 3 nitrogen and oxygen atoms in total. The molecule has 0 spiro atoms. The lowest BCUT2D eigenvalue weighted by molar-refractivity contribution is 0.122. The van der Waals surface area contributed by atoms with Gasteiger partial charge in [-0.05, 0) is 36.6 Å². The van der Waals surface area contributed by atoms with E-state index in [1.807, 2.05) is 0 Å². The summed E-state index contributed by atoms with van der Waals surface area (Å²) in [6, 6.07) is 6.69. The fourth-order valence-corrected chi connectivity index (χ4v) is 4.01. The normalized spacial score (nSPS) is 22.2. The van der Waals surface area contributed by atoms with Crippen molar-refractivity contribution in [3.8, 4) is 0 Å². The van der Waals surface area contributed by atoms with E-state index in [1.54, 1.807) is 0 Å². The molecule has 2 N–H and O–H groups in total. The van der Waals surface area contributed by atoms with Crippen LogP contribution in [0.3, 0.4) is 0 Å². The number of morpholine rings is 1. The third-order valence-corrected chi connectivity index (χ3v) is 5.33. The van der Waals surface area contributed by atoms with E-state index in [4.69, 9.17) is 10.5 Å². The lowest BCUT2D eigenvalue weighted by Gasteiger charge is -2.36. The summed E-state index contributed by atoms with van der Waals surface area (Å²) in [4.78, 5) is 2.46. The van der Waals surface area contributed by atoms with Gasteiger partial charge < -0.3 is 15.4 Å². The maximum atomic E-state index is 6.19. The zero-order chi connectivity index (χ0) is 14.0. The van der Waals surface area contributed by atoms with Crippen LogP contribution in [0.4, 0.5) is 5.69 Å². The Morgan fingerprint density at radius 3 is 2.55 bits per heavy atom. The minimum absolute atomic E-state index is 0.178. The third-order valence-electron chi connectivity index (χ3n) is 4.83. The van der Waals surface area contributed by atoms with Crippen molar-refractivity contribution in [3.63, 3.8) is 0 Å². The maximum absolute atomic E-state index is 6.19. The first-order chi connectivity index (χ1) is 9.75. The Balaban J connectivity index is 2.01. The van der Waals surface area contributed by atoms with Gasteiger partial charge in [0.15, 0.2) is 0 Å². The highest BCUT2D eigenvalue weighted by Crippen LogP contribution is 2.45. The van der Waals surface area contributed by atoms with E-state index in [0.29, 0.717) is 0 Å². The van der Waals surface area contributed by atoms with Crippen LogP contribution in [-0.2, 0) is 10.2 Å². The molecule has 1 aromatic rings. The first-order valence-corrected chi connectivity index (χ1v) is 8.37. The summed E-state index contributed by atoms with van der Waals surface area (Å²) in [6.45, 7) is 4.36. The molecule has 3 rings (SSSR count). The van der Waals surface area contributed by atoms with Crippen LogP contribution < -0.4 is 10.6 Å². The van der Waals surface area contributed by atoms with Crippen LogP contribution in [0, 0.1) is 0 Å². The molecule has 110 valence electrons. The smallest absolute Gasteiger partial charge is 0.0642 e. The van der Waals surface area contributed by atoms with Gasteiger partial charge >= 0.3 is 0 Å². The molecule has 20 heavy (non-hydrogen) atoms. The summed E-state index contributed by atoms with van der Waals surface area (Å²) in [5.74, 6) is 0. The van der Waals surface area contributed by atoms with Gasteiger partial charge in [0.25, 0.3) is 0 Å². The summed E-state index contributed by atoms with van der Waals surface area (Å²) in [5.41, 5.74) is 9.17. The van der Waals surface area contributed by atoms with E-state index in [-0.39, 0.29) is 5.41 Å². The second-order valence-electron chi connectivity index (χ2n) is 5.95. The summed E-state index contributed by atoms with van der Waals surface area (Å²) < 4.78 is 6.64. The monoisotopic (exact) mass is 338 g/mol. The van der Waals surface area contributed by atoms with Crippen molar-refractivity contribution in [2.75, 3.05) is 37.7 Å². The predicted octanol–water partition coefficient (Wildman–Crippen LogP) is 3.06. The highest BCUT2D eigenvalue weighted by molar-refractivity contribution is 9.10. The molecule has 1 aromatic carbocycles. The number of nitrogens with zero attached hydrogens (tertiary/aromatic N) is 1. The van der Waals surface area contributed by atoms with Gasteiger partial charge in [-0.15, -0.1) is 0 Å². The first-order valence-electron chi connectivity index (χ1n) is 7.58. The van der Waals surface area contributed by atoms with Crippen LogP contribution in [0.1, 0.15) is 31.2 Å². The Labute approximate surface area is 129 Å². The van der Waals surface area contributed by atoms with Gasteiger partial charge in [-0.3, -0.25) is 0 Å². The van der Waals surface area contributed by atoms with Crippen molar-refractivity contribution in [1.82, 2.24) is 0 Å². The van der Waals surface area contributed by atoms with Gasteiger partial charge in [0, 0.05) is 35.2 Å². The highest BCUT2D eigenvalue weighted by atomic mass is 79.9. The molecule has 1 heterocycles. The van der Waals surface area contributed by atoms with Crippen LogP contribution in [0.5, 0.6) is 0 Å². The number of hydrogen-bond acceptors (Lipinski definition) is 3. The van der Waals surface area contributed by atoms with Crippen LogP contribution in [0.15, 0.2) is 22.7 Å². The van der Waals surface area contributed by atoms with E-state index >= 15 is 0 Å². The molecule has 2 fully saturated rings. The maximum Gasteiger partial charge on any atom is 0.0642 e. The summed E-state index contributed by atoms with van der Waals surface area (Å²) >= 11 is 3.64. The quantitative estimate of drug-likeness (QED) is 0.920. The number of halogens is 1. The Bertz CT molecular complexity index is 466. The Morgan fingerprint density at radius 2 is 1.90 bits per heavy atom. The topological polar surface area (TPSA) is 38.5 Å². The van der Waals surface area contributed by atoms with Crippen molar-refractivity contribution < 1.29 is 4.74 Å². The molecule has 2 aliphatic rings. The van der Waals surface area contributed by atoms with E-state index in [2.05, 4.69) is 39.0 Å². The average molecular weight is 339 g/mol. The summed E-state index contributed by atoms with van der Waals surface area (Å²) in [5, 5.41) is 0. The second-order valence-corrected chi connectivity index (χ2v) is 6.87. The van der Waals surface area contributed by atoms with Crippen LogP contribution in [0.2, 0.25) is 0 Å². The van der Waals surface area contributed by atoms with Crippen molar-refractivity contribution in [2.45, 2.75) is 31.1 Å². The molecular weight excluding hydrogens is 316 g/mol. The molecule has 0 unspecified atom stereocenters. The lowest BCUT2D eigenvalue weighted by Crippen LogP contribution is -2.40. The fourth-order valence-electron chi connectivity index (χ4n) is 3.65. The Morgan fingerprint density at radius 1 is 1.20 bits per heavy atom. The van der Waals surface area contributed by atoms with Gasteiger partial charge in [-0.2, -0.15) is 0 Å². The molecule has 4 heteroatoms. The molecule has 1 aliphatic carbocycles. The minimum Gasteiger partial charge on any atom is -0.378 e. The molecule has 0 atom stereocenters. The second kappa shape index (κ2) is 6.04. The molecule has 0 bridgehead atoms. The number of nitrogens with two attached hydrogens (primary N) is 1. The fraction of sp³-hybridized carbons (Fsp3) is 0.625. The average Bonchev–Trinajstić information content (AvgIpc) is 2.98. The van der Waals surface area contributed by atoms with E-state index in [9.17, 15) is 0 Å². The standard InChI is InChI=1S/C16H23BrN2O/c17-13-3-4-15(19-7-9-20-10-8-19)14(11-13)16(12-18)5-1-2-6-16/h3-4,11H,1-2,5-10,12,18H2. The molecule has 1 saturated carbocycles. The molecule has 0 radical (unpaired) electrons. The molecule has 0 amide bonds. The summed E-state index contributed by atoms with van der Waals surface area (Å²) in [6.07, 6.45) is 5.03. The Kier molecular flexibility index (Phi) is 4.34. The number of ether oxygens (including phenoxy) is 1. The van der Waals surface area contributed by atoms with Crippen LogP contribution in [-0.4, -0.2) is 32.8 Å². The SMILES string of the molecule is NCC1(c2cc(Br)ccc2N2CCOCC2)CCCC1. The van der Waals surface area contributed by atoms with Crippen molar-refractivity contribution in [1.29, 1.82) is 0 Å². The van der Waals surface area contributed by atoms with Crippen LogP contribution in [0.25, 0.3) is 0 Å². The van der Waals surface area contributed by atoms with E-state index < -0.39 is 0 Å². The number of rotatable bonds is 3. The first kappa shape index (κ1) is 14.4. The van der Waals surface area contributed by atoms with Gasteiger partial charge in [0.1, 0.15) is 0 Å². The van der Waals surface area contributed by atoms with Gasteiger partial charge in [-0.25, -0.2) is 0 Å². The minimum atomic E-state index is 0.178. The van der Waals surface area contributed by atoms with Crippen molar-refractivity contribution >= 4 is 21.6 Å². The molecule has 0 aromatic heterocycles. The number of hydrogen-bond donors (Lipinski definition) is 1. The van der Waals surface area contributed by atoms with Gasteiger partial charge in [0.05, 0.1) is 13.2 Å². The number of benzene rings is 1. The lowest BCUT2D eigenvalue weighted by atomic mass is 9.78. The Hall–Kier alpha value is -0.580. The highest BCUT2D eigenvalue weighted by Gasteiger charge is 2.37. The predicted molar refractivity (Wildman–Crippen MR) is 86.4 cm³/mol. The molecule has 1 saturated heterocycles. The summed E-state index contributed by atoms with van der Waals surface area (Å²) in [7, 11) is 0. The third kappa shape index (κ3) is 2.61. The number of anilines is 1. The molecular formula is C16H23BrN2O. The van der Waals surface area contributed by atoms with Crippen molar-refractivity contribution in [2.24, 2.45) is 5.73 Å². The zero-order valence-corrected chi connectivity index (χ0v) is 13.5. The largest absolute Gasteiger partial charge is 0.378 e. The van der Waals surface area contributed by atoms with E-state index in [0.717, 1.165) is 37.3 Å². The van der Waals surface area contributed by atoms with E-state index in [1.165, 1.54) is 36.9 Å². The van der Waals surface area contributed by atoms with Crippen molar-refractivity contribution in [3.05, 3.63) is 28.2 Å². The van der Waals surface area contributed by atoms with Crippen LogP contribution >= 0.6 is 15.9 Å². The van der Waals surface area contributed by atoms with Gasteiger partial charge in [-0.1, -0.05) is 28.8 Å². The van der Waals surface area contributed by atoms with Gasteiger partial charge in [0.2, 0.25) is 0 Å². The zero-order valence-electron chi connectivity index (χ0n) is 11.9.